The third-order valence-electron chi connectivity index (χ3n) is 2.63. The van der Waals surface area contributed by atoms with Crippen molar-refractivity contribution in [3.63, 3.8) is 0 Å². The van der Waals surface area contributed by atoms with Crippen LogP contribution in [0, 0.1) is 11.8 Å². The standard InChI is InChI=1S/C9H17NO/c1-7-2-4-8(5-3-7)6-9(10)11/h7-8H,2-6H2,1H3,(H2,10,11)/t7-,8+. The quantitative estimate of drug-likeness (QED) is 0.648. The molecule has 1 rings (SSSR count). The molecule has 0 heterocycles. The Morgan fingerprint density at radius 1 is 1.36 bits per heavy atom. The Morgan fingerprint density at radius 3 is 2.36 bits per heavy atom. The second-order valence-corrected chi connectivity index (χ2v) is 3.80. The van der Waals surface area contributed by atoms with Crippen LogP contribution in [-0.4, -0.2) is 5.91 Å². The van der Waals surface area contributed by atoms with E-state index >= 15 is 0 Å². The third kappa shape index (κ3) is 2.91. The van der Waals surface area contributed by atoms with Gasteiger partial charge in [-0.1, -0.05) is 19.8 Å². The Bertz CT molecular complexity index is 136. The van der Waals surface area contributed by atoms with Crippen molar-refractivity contribution >= 4 is 5.91 Å². The molecule has 0 radical (unpaired) electrons. The minimum absolute atomic E-state index is 0.135. The molecule has 0 atom stereocenters. The summed E-state index contributed by atoms with van der Waals surface area (Å²) in [5.74, 6) is 1.31. The fraction of sp³-hybridized carbons (Fsp3) is 0.889. The van der Waals surface area contributed by atoms with E-state index in [0.29, 0.717) is 12.3 Å². The van der Waals surface area contributed by atoms with E-state index in [0.717, 1.165) is 5.92 Å². The van der Waals surface area contributed by atoms with Crippen LogP contribution in [0.4, 0.5) is 0 Å². The summed E-state index contributed by atoms with van der Waals surface area (Å²) in [5, 5.41) is 0. The summed E-state index contributed by atoms with van der Waals surface area (Å²) < 4.78 is 0. The SMILES string of the molecule is C[C@H]1CC[C@@H](CC(N)=O)CC1. The number of nitrogens with two attached hydrogens (primary N) is 1. The fourth-order valence-corrected chi connectivity index (χ4v) is 1.82. The summed E-state index contributed by atoms with van der Waals surface area (Å²) in [7, 11) is 0. The van der Waals surface area contributed by atoms with Crippen molar-refractivity contribution in [1.29, 1.82) is 0 Å². The molecule has 0 unspecified atom stereocenters. The first-order valence-electron chi connectivity index (χ1n) is 4.46. The van der Waals surface area contributed by atoms with Crippen LogP contribution in [0.25, 0.3) is 0 Å². The van der Waals surface area contributed by atoms with Crippen LogP contribution in [-0.2, 0) is 4.79 Å². The monoisotopic (exact) mass is 155 g/mol. The average Bonchev–Trinajstić information content (AvgIpc) is 1.93. The van der Waals surface area contributed by atoms with Gasteiger partial charge >= 0.3 is 0 Å². The summed E-state index contributed by atoms with van der Waals surface area (Å²) in [5.41, 5.74) is 5.12. The Labute approximate surface area is 68.2 Å². The Balaban J connectivity index is 2.22. The Kier molecular flexibility index (Phi) is 2.92. The van der Waals surface area contributed by atoms with Crippen molar-refractivity contribution in [3.05, 3.63) is 0 Å². The first-order chi connectivity index (χ1) is 5.18. The largest absolute Gasteiger partial charge is 0.370 e. The van der Waals surface area contributed by atoms with Crippen LogP contribution in [0.1, 0.15) is 39.0 Å². The van der Waals surface area contributed by atoms with Gasteiger partial charge in [0.15, 0.2) is 0 Å². The maximum atomic E-state index is 10.6. The summed E-state index contributed by atoms with van der Waals surface area (Å²) in [6.07, 6.45) is 5.55. The first kappa shape index (κ1) is 8.57. The highest BCUT2D eigenvalue weighted by Crippen LogP contribution is 2.29. The van der Waals surface area contributed by atoms with E-state index < -0.39 is 0 Å². The number of primary amides is 1. The number of amides is 1. The van der Waals surface area contributed by atoms with Gasteiger partial charge < -0.3 is 5.73 Å². The minimum atomic E-state index is -0.135. The summed E-state index contributed by atoms with van der Waals surface area (Å²) in [4.78, 5) is 10.6. The van der Waals surface area contributed by atoms with Gasteiger partial charge in [0.2, 0.25) is 5.91 Å². The van der Waals surface area contributed by atoms with Gasteiger partial charge in [-0.15, -0.1) is 0 Å². The molecule has 0 spiro atoms. The van der Waals surface area contributed by atoms with Crippen LogP contribution in [0.3, 0.4) is 0 Å². The third-order valence-corrected chi connectivity index (χ3v) is 2.63. The molecule has 0 saturated heterocycles. The number of carbonyl (C=O) groups excluding carboxylic acids is 1. The van der Waals surface area contributed by atoms with Gasteiger partial charge in [0.25, 0.3) is 0 Å². The Hall–Kier alpha value is -0.530. The fourth-order valence-electron chi connectivity index (χ4n) is 1.82. The topological polar surface area (TPSA) is 43.1 Å². The highest BCUT2D eigenvalue weighted by molar-refractivity contribution is 5.73. The molecule has 11 heavy (non-hydrogen) atoms. The van der Waals surface area contributed by atoms with Gasteiger partial charge in [0.1, 0.15) is 0 Å². The van der Waals surface area contributed by atoms with Gasteiger partial charge in [-0.2, -0.15) is 0 Å². The zero-order valence-corrected chi connectivity index (χ0v) is 7.18. The molecule has 2 N–H and O–H groups in total. The van der Waals surface area contributed by atoms with Gasteiger partial charge in [-0.25, -0.2) is 0 Å². The van der Waals surface area contributed by atoms with Crippen molar-refractivity contribution in [1.82, 2.24) is 0 Å². The molecule has 1 amide bonds. The smallest absolute Gasteiger partial charge is 0.217 e. The Morgan fingerprint density at radius 2 is 1.91 bits per heavy atom. The van der Waals surface area contributed by atoms with Crippen LogP contribution >= 0.6 is 0 Å². The zero-order valence-electron chi connectivity index (χ0n) is 7.18. The van der Waals surface area contributed by atoms with E-state index in [-0.39, 0.29) is 5.91 Å². The van der Waals surface area contributed by atoms with Crippen LogP contribution in [0.2, 0.25) is 0 Å². The van der Waals surface area contributed by atoms with Gasteiger partial charge in [-0.3, -0.25) is 4.79 Å². The maximum Gasteiger partial charge on any atom is 0.217 e. The van der Waals surface area contributed by atoms with Crippen molar-refractivity contribution in [2.75, 3.05) is 0 Å². The number of hydrogen-bond donors (Lipinski definition) is 1. The molecule has 64 valence electrons. The molecule has 0 aromatic carbocycles. The lowest BCUT2D eigenvalue weighted by Crippen LogP contribution is -2.20. The van der Waals surface area contributed by atoms with Gasteiger partial charge in [0.05, 0.1) is 0 Å². The molecule has 0 aliphatic heterocycles. The van der Waals surface area contributed by atoms with E-state index in [1.807, 2.05) is 0 Å². The van der Waals surface area contributed by atoms with E-state index in [4.69, 9.17) is 5.73 Å². The van der Waals surface area contributed by atoms with Gasteiger partial charge in [0, 0.05) is 6.42 Å². The van der Waals surface area contributed by atoms with Crippen molar-refractivity contribution in [3.8, 4) is 0 Å². The van der Waals surface area contributed by atoms with E-state index in [1.54, 1.807) is 0 Å². The summed E-state index contributed by atoms with van der Waals surface area (Å²) in [6, 6.07) is 0. The maximum absolute atomic E-state index is 10.6. The molecular formula is C9H17NO. The van der Waals surface area contributed by atoms with Crippen LogP contribution in [0.5, 0.6) is 0 Å². The molecule has 0 aromatic heterocycles. The van der Waals surface area contributed by atoms with Crippen LogP contribution < -0.4 is 5.73 Å². The predicted octanol–water partition coefficient (Wildman–Crippen LogP) is 1.69. The molecule has 0 aromatic rings. The molecule has 0 bridgehead atoms. The second kappa shape index (κ2) is 3.74. The number of carbonyl (C=O) groups is 1. The highest BCUT2D eigenvalue weighted by atomic mass is 16.1. The van der Waals surface area contributed by atoms with E-state index in [1.165, 1.54) is 25.7 Å². The lowest BCUT2D eigenvalue weighted by Gasteiger charge is -2.24. The van der Waals surface area contributed by atoms with Crippen molar-refractivity contribution < 1.29 is 4.79 Å². The van der Waals surface area contributed by atoms with Crippen LogP contribution in [0.15, 0.2) is 0 Å². The molecule has 2 nitrogen and oxygen atoms in total. The lowest BCUT2D eigenvalue weighted by atomic mass is 9.81. The van der Waals surface area contributed by atoms with E-state index in [9.17, 15) is 4.79 Å². The zero-order chi connectivity index (χ0) is 8.27. The van der Waals surface area contributed by atoms with Gasteiger partial charge in [-0.05, 0) is 24.7 Å². The van der Waals surface area contributed by atoms with Crippen molar-refractivity contribution in [2.24, 2.45) is 17.6 Å². The molecular weight excluding hydrogens is 138 g/mol. The molecule has 1 fully saturated rings. The predicted molar refractivity (Wildman–Crippen MR) is 44.9 cm³/mol. The molecule has 1 saturated carbocycles. The van der Waals surface area contributed by atoms with E-state index in [2.05, 4.69) is 6.92 Å². The molecule has 2 heteroatoms. The lowest BCUT2D eigenvalue weighted by molar-refractivity contribution is -0.119. The average molecular weight is 155 g/mol. The number of hydrogen-bond acceptors (Lipinski definition) is 1. The molecule has 1 aliphatic carbocycles. The molecule has 1 aliphatic rings. The summed E-state index contributed by atoms with van der Waals surface area (Å²) >= 11 is 0. The number of rotatable bonds is 2. The van der Waals surface area contributed by atoms with Crippen molar-refractivity contribution in [2.45, 2.75) is 39.0 Å². The first-order valence-corrected chi connectivity index (χ1v) is 4.46. The summed E-state index contributed by atoms with van der Waals surface area (Å²) in [6.45, 7) is 2.28. The normalized spacial score (nSPS) is 31.7. The second-order valence-electron chi connectivity index (χ2n) is 3.80. The highest BCUT2D eigenvalue weighted by Gasteiger charge is 2.19. The minimum Gasteiger partial charge on any atom is -0.370 e.